The highest BCUT2D eigenvalue weighted by Crippen LogP contribution is 2.23. The number of hydrogen-bond donors (Lipinski definition) is 1. The zero-order valence-electron chi connectivity index (χ0n) is 12.6. The van der Waals surface area contributed by atoms with Crippen molar-refractivity contribution in [3.05, 3.63) is 35.9 Å². The Kier molecular flexibility index (Phi) is 5.91. The highest BCUT2D eigenvalue weighted by atomic mass is 14.9. The Labute approximate surface area is 118 Å². The lowest BCUT2D eigenvalue weighted by Gasteiger charge is -2.21. The van der Waals surface area contributed by atoms with Gasteiger partial charge in [-0.2, -0.15) is 0 Å². The molecule has 1 aliphatic carbocycles. The molecule has 0 bridgehead atoms. The van der Waals surface area contributed by atoms with Crippen molar-refractivity contribution in [2.45, 2.75) is 58.4 Å². The monoisotopic (exact) mass is 259 g/mol. The van der Waals surface area contributed by atoms with Gasteiger partial charge in [-0.15, -0.1) is 0 Å². The molecule has 1 nitrogen and oxygen atoms in total. The van der Waals surface area contributed by atoms with Crippen molar-refractivity contribution in [1.29, 1.82) is 0 Å². The summed E-state index contributed by atoms with van der Waals surface area (Å²) in [4.78, 5) is 0. The SMILES string of the molecule is CCCC(C)CC(CNC1CC1)Cc1ccccc1. The van der Waals surface area contributed by atoms with Gasteiger partial charge in [0.15, 0.2) is 0 Å². The molecule has 2 rings (SSSR count). The van der Waals surface area contributed by atoms with Crippen LogP contribution >= 0.6 is 0 Å². The summed E-state index contributed by atoms with van der Waals surface area (Å²) < 4.78 is 0. The molecular weight excluding hydrogens is 230 g/mol. The number of benzene rings is 1. The van der Waals surface area contributed by atoms with E-state index in [-0.39, 0.29) is 0 Å². The molecule has 1 heteroatoms. The molecule has 0 aromatic heterocycles. The molecule has 1 aromatic rings. The third-order valence-corrected chi connectivity index (χ3v) is 4.16. The van der Waals surface area contributed by atoms with Crippen molar-refractivity contribution in [2.24, 2.45) is 11.8 Å². The molecule has 0 radical (unpaired) electrons. The van der Waals surface area contributed by atoms with Crippen LogP contribution in [-0.4, -0.2) is 12.6 Å². The van der Waals surface area contributed by atoms with Gasteiger partial charge in [-0.3, -0.25) is 0 Å². The zero-order chi connectivity index (χ0) is 13.5. The minimum absolute atomic E-state index is 0.796. The number of nitrogens with one attached hydrogen (secondary N) is 1. The zero-order valence-corrected chi connectivity index (χ0v) is 12.6. The Morgan fingerprint density at radius 2 is 1.95 bits per heavy atom. The van der Waals surface area contributed by atoms with Crippen molar-refractivity contribution in [1.82, 2.24) is 5.32 Å². The molecule has 1 fully saturated rings. The highest BCUT2D eigenvalue weighted by Gasteiger charge is 2.22. The van der Waals surface area contributed by atoms with E-state index >= 15 is 0 Å². The second-order valence-corrected chi connectivity index (χ2v) is 6.37. The summed E-state index contributed by atoms with van der Waals surface area (Å²) in [7, 11) is 0. The Morgan fingerprint density at radius 1 is 1.21 bits per heavy atom. The van der Waals surface area contributed by atoms with Gasteiger partial charge in [0.1, 0.15) is 0 Å². The van der Waals surface area contributed by atoms with E-state index in [1.807, 2.05) is 0 Å². The second kappa shape index (κ2) is 7.69. The van der Waals surface area contributed by atoms with Crippen LogP contribution in [0.4, 0.5) is 0 Å². The topological polar surface area (TPSA) is 12.0 Å². The molecule has 2 unspecified atom stereocenters. The Balaban J connectivity index is 1.84. The Hall–Kier alpha value is -0.820. The minimum atomic E-state index is 0.796. The maximum Gasteiger partial charge on any atom is 0.00683 e. The Bertz CT molecular complexity index is 342. The summed E-state index contributed by atoms with van der Waals surface area (Å²) in [6.07, 6.45) is 8.06. The molecule has 1 aliphatic rings. The molecule has 0 saturated heterocycles. The minimum Gasteiger partial charge on any atom is -0.314 e. The molecule has 2 atom stereocenters. The van der Waals surface area contributed by atoms with E-state index in [2.05, 4.69) is 49.5 Å². The lowest BCUT2D eigenvalue weighted by molar-refractivity contribution is 0.353. The average molecular weight is 259 g/mol. The van der Waals surface area contributed by atoms with Crippen LogP contribution in [0.3, 0.4) is 0 Å². The fourth-order valence-electron chi connectivity index (χ4n) is 2.99. The van der Waals surface area contributed by atoms with E-state index in [9.17, 15) is 0 Å². The molecule has 1 N–H and O–H groups in total. The fraction of sp³-hybridized carbons (Fsp3) is 0.667. The molecule has 0 aliphatic heterocycles. The lowest BCUT2D eigenvalue weighted by Crippen LogP contribution is -2.27. The number of hydrogen-bond acceptors (Lipinski definition) is 1. The van der Waals surface area contributed by atoms with E-state index in [1.54, 1.807) is 0 Å². The average Bonchev–Trinajstić information content (AvgIpc) is 3.21. The van der Waals surface area contributed by atoms with Crippen molar-refractivity contribution < 1.29 is 0 Å². The van der Waals surface area contributed by atoms with Crippen molar-refractivity contribution in [2.75, 3.05) is 6.54 Å². The van der Waals surface area contributed by atoms with Gasteiger partial charge in [0, 0.05) is 6.04 Å². The van der Waals surface area contributed by atoms with Crippen LogP contribution in [0, 0.1) is 11.8 Å². The van der Waals surface area contributed by atoms with Crippen LogP contribution in [0.15, 0.2) is 30.3 Å². The van der Waals surface area contributed by atoms with Gasteiger partial charge in [-0.25, -0.2) is 0 Å². The summed E-state index contributed by atoms with van der Waals surface area (Å²) >= 11 is 0. The smallest absolute Gasteiger partial charge is 0.00683 e. The van der Waals surface area contributed by atoms with E-state index in [4.69, 9.17) is 0 Å². The van der Waals surface area contributed by atoms with E-state index in [1.165, 1.54) is 50.6 Å². The van der Waals surface area contributed by atoms with E-state index in [0.29, 0.717) is 0 Å². The predicted molar refractivity (Wildman–Crippen MR) is 83.3 cm³/mol. The first-order chi connectivity index (χ1) is 9.28. The van der Waals surface area contributed by atoms with Gasteiger partial charge >= 0.3 is 0 Å². The molecule has 106 valence electrons. The highest BCUT2D eigenvalue weighted by molar-refractivity contribution is 5.15. The largest absolute Gasteiger partial charge is 0.314 e. The Morgan fingerprint density at radius 3 is 2.58 bits per heavy atom. The third-order valence-electron chi connectivity index (χ3n) is 4.16. The summed E-state index contributed by atoms with van der Waals surface area (Å²) in [5.74, 6) is 1.66. The first-order valence-electron chi connectivity index (χ1n) is 8.05. The summed E-state index contributed by atoms with van der Waals surface area (Å²) in [6, 6.07) is 11.8. The molecule has 19 heavy (non-hydrogen) atoms. The standard InChI is InChI=1S/C18H29N/c1-3-7-15(2)12-17(14-19-18-10-11-18)13-16-8-5-4-6-9-16/h4-6,8-9,15,17-19H,3,7,10-14H2,1-2H3. The summed E-state index contributed by atoms with van der Waals surface area (Å²) in [5.41, 5.74) is 1.49. The van der Waals surface area contributed by atoms with Crippen molar-refractivity contribution >= 4 is 0 Å². The fourth-order valence-corrected chi connectivity index (χ4v) is 2.99. The van der Waals surface area contributed by atoms with Crippen LogP contribution in [0.2, 0.25) is 0 Å². The molecule has 0 heterocycles. The first kappa shape index (κ1) is 14.6. The van der Waals surface area contributed by atoms with Gasteiger partial charge < -0.3 is 5.32 Å². The van der Waals surface area contributed by atoms with Crippen LogP contribution in [0.25, 0.3) is 0 Å². The maximum absolute atomic E-state index is 3.72. The van der Waals surface area contributed by atoms with Crippen LogP contribution in [0.1, 0.15) is 51.5 Å². The van der Waals surface area contributed by atoms with Gasteiger partial charge in [0.25, 0.3) is 0 Å². The first-order valence-corrected chi connectivity index (χ1v) is 8.05. The van der Waals surface area contributed by atoms with Crippen molar-refractivity contribution in [3.8, 4) is 0 Å². The van der Waals surface area contributed by atoms with Crippen LogP contribution in [-0.2, 0) is 6.42 Å². The van der Waals surface area contributed by atoms with Gasteiger partial charge in [-0.1, -0.05) is 57.0 Å². The number of rotatable bonds is 9. The molecule has 1 aromatic carbocycles. The second-order valence-electron chi connectivity index (χ2n) is 6.37. The van der Waals surface area contributed by atoms with E-state index < -0.39 is 0 Å². The third kappa shape index (κ3) is 5.78. The van der Waals surface area contributed by atoms with Gasteiger partial charge in [0.05, 0.1) is 0 Å². The molecule has 0 amide bonds. The maximum atomic E-state index is 3.72. The molecule has 1 saturated carbocycles. The van der Waals surface area contributed by atoms with Crippen molar-refractivity contribution in [3.63, 3.8) is 0 Å². The predicted octanol–water partition coefficient (Wildman–Crippen LogP) is 4.42. The quantitative estimate of drug-likeness (QED) is 0.692. The summed E-state index contributed by atoms with van der Waals surface area (Å²) in [5, 5.41) is 3.72. The molecule has 0 spiro atoms. The normalized spacial score (nSPS) is 18.2. The van der Waals surface area contributed by atoms with E-state index in [0.717, 1.165) is 17.9 Å². The van der Waals surface area contributed by atoms with Gasteiger partial charge in [-0.05, 0) is 49.6 Å². The van der Waals surface area contributed by atoms with Crippen LogP contribution < -0.4 is 5.32 Å². The van der Waals surface area contributed by atoms with Gasteiger partial charge in [0.2, 0.25) is 0 Å². The summed E-state index contributed by atoms with van der Waals surface area (Å²) in [6.45, 7) is 5.91. The lowest BCUT2D eigenvalue weighted by atomic mass is 9.88. The molecular formula is C18H29N. The van der Waals surface area contributed by atoms with Crippen LogP contribution in [0.5, 0.6) is 0 Å².